The standard InChI is InChI=1S/C15H15NO3S/c1-11-13(3-2-4-15(11)16(18)19)10-20-14-7-5-12(9-17)6-8-14/h2-8,17H,9-10H2,1H3. The highest BCUT2D eigenvalue weighted by Gasteiger charge is 2.12. The number of hydrogen-bond donors (Lipinski definition) is 1. The molecule has 0 unspecified atom stereocenters. The van der Waals surface area contributed by atoms with Crippen LogP contribution in [0.15, 0.2) is 47.4 Å². The van der Waals surface area contributed by atoms with E-state index in [0.29, 0.717) is 5.75 Å². The molecule has 0 spiro atoms. The summed E-state index contributed by atoms with van der Waals surface area (Å²) < 4.78 is 0. The molecule has 0 saturated heterocycles. The molecule has 4 nitrogen and oxygen atoms in total. The van der Waals surface area contributed by atoms with Gasteiger partial charge in [-0.2, -0.15) is 0 Å². The topological polar surface area (TPSA) is 63.4 Å². The van der Waals surface area contributed by atoms with E-state index in [1.54, 1.807) is 24.8 Å². The number of nitro groups is 1. The SMILES string of the molecule is Cc1c(CSc2ccc(CO)cc2)cccc1[N+](=O)[O-]. The van der Waals surface area contributed by atoms with Crippen LogP contribution in [-0.2, 0) is 12.4 Å². The number of aliphatic hydroxyl groups is 1. The molecule has 0 fully saturated rings. The maximum atomic E-state index is 10.9. The van der Waals surface area contributed by atoms with Crippen LogP contribution in [0.4, 0.5) is 5.69 Å². The molecule has 5 heteroatoms. The van der Waals surface area contributed by atoms with Gasteiger partial charge in [-0.3, -0.25) is 10.1 Å². The van der Waals surface area contributed by atoms with E-state index in [-0.39, 0.29) is 17.2 Å². The van der Waals surface area contributed by atoms with E-state index in [2.05, 4.69) is 0 Å². The highest BCUT2D eigenvalue weighted by atomic mass is 32.2. The van der Waals surface area contributed by atoms with Crippen molar-refractivity contribution in [2.24, 2.45) is 0 Å². The molecule has 0 bridgehead atoms. The Labute approximate surface area is 121 Å². The van der Waals surface area contributed by atoms with Gasteiger partial charge in [0.15, 0.2) is 0 Å². The minimum absolute atomic E-state index is 0.0366. The fourth-order valence-corrected chi connectivity index (χ4v) is 2.84. The molecule has 0 atom stereocenters. The van der Waals surface area contributed by atoms with Crippen LogP contribution in [0.2, 0.25) is 0 Å². The second-order valence-electron chi connectivity index (χ2n) is 4.41. The van der Waals surface area contributed by atoms with E-state index in [4.69, 9.17) is 5.11 Å². The van der Waals surface area contributed by atoms with Crippen molar-refractivity contribution in [1.29, 1.82) is 0 Å². The lowest BCUT2D eigenvalue weighted by Crippen LogP contribution is -1.95. The normalized spacial score (nSPS) is 10.5. The number of thioether (sulfide) groups is 1. The Morgan fingerprint density at radius 2 is 1.90 bits per heavy atom. The molecule has 0 aromatic heterocycles. The van der Waals surface area contributed by atoms with Gasteiger partial charge in [0.2, 0.25) is 0 Å². The second-order valence-corrected chi connectivity index (χ2v) is 5.46. The van der Waals surface area contributed by atoms with Crippen LogP contribution in [0.3, 0.4) is 0 Å². The van der Waals surface area contributed by atoms with Crippen LogP contribution < -0.4 is 0 Å². The van der Waals surface area contributed by atoms with Gasteiger partial charge < -0.3 is 5.11 Å². The molecular weight excluding hydrogens is 274 g/mol. The Morgan fingerprint density at radius 1 is 1.20 bits per heavy atom. The average molecular weight is 289 g/mol. The molecule has 20 heavy (non-hydrogen) atoms. The van der Waals surface area contributed by atoms with Crippen LogP contribution in [0.5, 0.6) is 0 Å². The summed E-state index contributed by atoms with van der Waals surface area (Å²) in [6, 6.07) is 12.8. The first-order valence-electron chi connectivity index (χ1n) is 6.17. The van der Waals surface area contributed by atoms with Crippen molar-refractivity contribution in [2.45, 2.75) is 24.2 Å². The molecule has 104 valence electrons. The zero-order valence-electron chi connectivity index (χ0n) is 11.1. The predicted molar refractivity (Wildman–Crippen MR) is 79.8 cm³/mol. The van der Waals surface area contributed by atoms with E-state index in [1.165, 1.54) is 6.07 Å². The number of nitrogens with zero attached hydrogens (tertiary/aromatic N) is 1. The van der Waals surface area contributed by atoms with Crippen LogP contribution in [0.25, 0.3) is 0 Å². The molecule has 0 aliphatic carbocycles. The van der Waals surface area contributed by atoms with Gasteiger partial charge in [0.25, 0.3) is 5.69 Å². The van der Waals surface area contributed by atoms with Gasteiger partial charge in [-0.1, -0.05) is 24.3 Å². The largest absolute Gasteiger partial charge is 0.392 e. The third-order valence-corrected chi connectivity index (χ3v) is 4.18. The van der Waals surface area contributed by atoms with Crippen LogP contribution in [0.1, 0.15) is 16.7 Å². The molecule has 0 aliphatic rings. The minimum atomic E-state index is -0.348. The zero-order valence-corrected chi connectivity index (χ0v) is 11.9. The maximum absolute atomic E-state index is 10.9. The second kappa shape index (κ2) is 6.54. The molecule has 0 aliphatic heterocycles. The fourth-order valence-electron chi connectivity index (χ4n) is 1.88. The van der Waals surface area contributed by atoms with E-state index in [1.807, 2.05) is 30.3 Å². The summed E-state index contributed by atoms with van der Waals surface area (Å²) in [4.78, 5) is 11.6. The highest BCUT2D eigenvalue weighted by Crippen LogP contribution is 2.28. The van der Waals surface area contributed by atoms with Gasteiger partial charge in [-0.05, 0) is 30.2 Å². The molecule has 1 N–H and O–H groups in total. The maximum Gasteiger partial charge on any atom is 0.272 e. The molecule has 2 rings (SSSR count). The lowest BCUT2D eigenvalue weighted by atomic mass is 10.1. The van der Waals surface area contributed by atoms with Crippen molar-refractivity contribution in [2.75, 3.05) is 0 Å². The van der Waals surface area contributed by atoms with Crippen molar-refractivity contribution in [1.82, 2.24) is 0 Å². The summed E-state index contributed by atoms with van der Waals surface area (Å²) in [5.41, 5.74) is 2.73. The molecule has 0 saturated carbocycles. The van der Waals surface area contributed by atoms with E-state index < -0.39 is 0 Å². The van der Waals surface area contributed by atoms with Gasteiger partial charge in [0, 0.05) is 22.3 Å². The zero-order chi connectivity index (χ0) is 14.5. The van der Waals surface area contributed by atoms with Gasteiger partial charge in [-0.25, -0.2) is 0 Å². The number of benzene rings is 2. The number of rotatable bonds is 5. The van der Waals surface area contributed by atoms with E-state index in [0.717, 1.165) is 21.6 Å². The molecular formula is C15H15NO3S. The third-order valence-electron chi connectivity index (χ3n) is 3.11. The van der Waals surface area contributed by atoms with Crippen LogP contribution >= 0.6 is 11.8 Å². The van der Waals surface area contributed by atoms with E-state index >= 15 is 0 Å². The molecule has 0 amide bonds. The first-order chi connectivity index (χ1) is 9.61. The number of aliphatic hydroxyl groups excluding tert-OH is 1. The van der Waals surface area contributed by atoms with E-state index in [9.17, 15) is 10.1 Å². The molecule has 2 aromatic rings. The highest BCUT2D eigenvalue weighted by molar-refractivity contribution is 7.98. The summed E-state index contributed by atoms with van der Waals surface area (Å²) in [5, 5.41) is 19.9. The Bertz CT molecular complexity index is 611. The van der Waals surface area contributed by atoms with Crippen LogP contribution in [0, 0.1) is 17.0 Å². The van der Waals surface area contributed by atoms with Crippen molar-refractivity contribution in [3.05, 3.63) is 69.3 Å². The predicted octanol–water partition coefficient (Wildman–Crippen LogP) is 3.69. The van der Waals surface area contributed by atoms with Gasteiger partial charge >= 0.3 is 0 Å². The molecule has 2 aromatic carbocycles. The number of hydrogen-bond acceptors (Lipinski definition) is 4. The van der Waals surface area contributed by atoms with Gasteiger partial charge in [-0.15, -0.1) is 11.8 Å². The van der Waals surface area contributed by atoms with Crippen LogP contribution in [-0.4, -0.2) is 10.0 Å². The van der Waals surface area contributed by atoms with Crippen molar-refractivity contribution < 1.29 is 10.0 Å². The summed E-state index contributed by atoms with van der Waals surface area (Å²) in [6.45, 7) is 1.82. The van der Waals surface area contributed by atoms with Crippen molar-refractivity contribution in [3.8, 4) is 0 Å². The monoisotopic (exact) mass is 289 g/mol. The lowest BCUT2D eigenvalue weighted by Gasteiger charge is -2.06. The summed E-state index contributed by atoms with van der Waals surface area (Å²) in [5.74, 6) is 0.686. The van der Waals surface area contributed by atoms with Crippen molar-refractivity contribution >= 4 is 17.4 Å². The molecule has 0 radical (unpaired) electrons. The number of nitro benzene ring substituents is 1. The van der Waals surface area contributed by atoms with Gasteiger partial charge in [0.05, 0.1) is 11.5 Å². The Morgan fingerprint density at radius 3 is 2.50 bits per heavy atom. The first-order valence-corrected chi connectivity index (χ1v) is 7.16. The average Bonchev–Trinajstić information content (AvgIpc) is 2.46. The summed E-state index contributed by atoms with van der Waals surface area (Å²) in [6.07, 6.45) is 0. The fraction of sp³-hybridized carbons (Fsp3) is 0.200. The third kappa shape index (κ3) is 3.37. The van der Waals surface area contributed by atoms with Gasteiger partial charge in [0.1, 0.15) is 0 Å². The quantitative estimate of drug-likeness (QED) is 0.518. The Kier molecular flexibility index (Phi) is 4.76. The minimum Gasteiger partial charge on any atom is -0.392 e. The molecule has 0 heterocycles. The summed E-state index contributed by atoms with van der Waals surface area (Å²) >= 11 is 1.62. The smallest absolute Gasteiger partial charge is 0.272 e. The van der Waals surface area contributed by atoms with Crippen molar-refractivity contribution in [3.63, 3.8) is 0 Å². The Hall–Kier alpha value is -1.85. The lowest BCUT2D eigenvalue weighted by molar-refractivity contribution is -0.385. The Balaban J connectivity index is 2.10. The first kappa shape index (κ1) is 14.6. The summed E-state index contributed by atoms with van der Waals surface area (Å²) in [7, 11) is 0.